The van der Waals surface area contributed by atoms with Crippen LogP contribution in [0.2, 0.25) is 0 Å². The molecular formula is C21H24N4O. The average molecular weight is 348 g/mol. The Balaban J connectivity index is 1.55. The second-order valence-electron chi connectivity index (χ2n) is 6.74. The zero-order valence-electron chi connectivity index (χ0n) is 15.1. The molecule has 2 atom stereocenters. The lowest BCUT2D eigenvalue weighted by molar-refractivity contribution is -0.133. The number of piperazine rings is 1. The Kier molecular flexibility index (Phi) is 5.98. The van der Waals surface area contributed by atoms with Crippen molar-refractivity contribution >= 4 is 5.91 Å². The molecule has 0 saturated carbocycles. The number of carbonyl (C=O) groups is 1. The van der Waals surface area contributed by atoms with Gasteiger partial charge in [-0.2, -0.15) is 5.26 Å². The van der Waals surface area contributed by atoms with E-state index in [4.69, 9.17) is 0 Å². The second kappa shape index (κ2) is 8.59. The Labute approximate surface area is 154 Å². The predicted molar refractivity (Wildman–Crippen MR) is 100 cm³/mol. The summed E-state index contributed by atoms with van der Waals surface area (Å²) >= 11 is 0. The zero-order chi connectivity index (χ0) is 18.4. The Hall–Kier alpha value is -2.71. The van der Waals surface area contributed by atoms with E-state index in [9.17, 15) is 10.1 Å². The topological polar surface area (TPSA) is 60.2 Å². The molecule has 1 saturated heterocycles. The molecule has 2 heterocycles. The van der Waals surface area contributed by atoms with Gasteiger partial charge in [-0.15, -0.1) is 0 Å². The van der Waals surface area contributed by atoms with E-state index in [2.05, 4.69) is 22.9 Å². The zero-order valence-corrected chi connectivity index (χ0v) is 15.1. The molecule has 0 N–H and O–H groups in total. The summed E-state index contributed by atoms with van der Waals surface area (Å²) in [7, 11) is 0. The van der Waals surface area contributed by atoms with Gasteiger partial charge in [-0.25, -0.2) is 0 Å². The van der Waals surface area contributed by atoms with E-state index >= 15 is 0 Å². The van der Waals surface area contributed by atoms with Gasteiger partial charge in [-0.1, -0.05) is 37.3 Å². The van der Waals surface area contributed by atoms with Gasteiger partial charge in [0.1, 0.15) is 6.04 Å². The molecule has 5 nitrogen and oxygen atoms in total. The van der Waals surface area contributed by atoms with Crippen LogP contribution in [0.4, 0.5) is 0 Å². The number of amides is 1. The van der Waals surface area contributed by atoms with Crippen molar-refractivity contribution < 1.29 is 4.79 Å². The number of nitrogens with zero attached hydrogens (tertiary/aromatic N) is 4. The van der Waals surface area contributed by atoms with Crippen LogP contribution in [0.15, 0.2) is 54.9 Å². The lowest BCUT2D eigenvalue weighted by Crippen LogP contribution is -2.49. The van der Waals surface area contributed by atoms with Gasteiger partial charge in [-0.3, -0.25) is 14.7 Å². The van der Waals surface area contributed by atoms with E-state index in [0.29, 0.717) is 19.5 Å². The molecule has 3 rings (SSSR count). The van der Waals surface area contributed by atoms with Crippen molar-refractivity contribution in [2.24, 2.45) is 0 Å². The van der Waals surface area contributed by atoms with E-state index in [1.54, 1.807) is 12.4 Å². The number of aromatic nitrogens is 1. The molecule has 1 fully saturated rings. The Morgan fingerprint density at radius 1 is 1.08 bits per heavy atom. The molecule has 1 amide bonds. The van der Waals surface area contributed by atoms with Crippen LogP contribution in [-0.2, 0) is 4.79 Å². The van der Waals surface area contributed by atoms with Crippen LogP contribution in [0.25, 0.3) is 0 Å². The fraction of sp³-hybridized carbons (Fsp3) is 0.381. The predicted octanol–water partition coefficient (Wildman–Crippen LogP) is 2.98. The molecule has 1 aliphatic heterocycles. The number of nitriles is 1. The summed E-state index contributed by atoms with van der Waals surface area (Å²) < 4.78 is 0. The molecule has 0 spiro atoms. The molecule has 5 heteroatoms. The first-order valence-corrected chi connectivity index (χ1v) is 9.05. The highest BCUT2D eigenvalue weighted by molar-refractivity contribution is 5.77. The highest BCUT2D eigenvalue weighted by Gasteiger charge is 2.27. The van der Waals surface area contributed by atoms with E-state index < -0.39 is 0 Å². The van der Waals surface area contributed by atoms with E-state index in [1.165, 1.54) is 0 Å². The van der Waals surface area contributed by atoms with Crippen LogP contribution < -0.4 is 0 Å². The monoisotopic (exact) mass is 348 g/mol. The summed E-state index contributed by atoms with van der Waals surface area (Å²) in [6.07, 6.45) is 4.03. The summed E-state index contributed by atoms with van der Waals surface area (Å²) in [5, 5.41) is 9.57. The number of hydrogen-bond acceptors (Lipinski definition) is 4. The van der Waals surface area contributed by atoms with Crippen LogP contribution in [0.1, 0.15) is 36.4 Å². The maximum Gasteiger partial charge on any atom is 0.223 e. The maximum atomic E-state index is 12.6. The van der Waals surface area contributed by atoms with E-state index in [-0.39, 0.29) is 17.9 Å². The number of hydrogen-bond donors (Lipinski definition) is 0. The van der Waals surface area contributed by atoms with Crippen LogP contribution >= 0.6 is 0 Å². The highest BCUT2D eigenvalue weighted by Crippen LogP contribution is 2.23. The normalized spacial score (nSPS) is 17.3. The molecule has 1 aromatic heterocycles. The maximum absolute atomic E-state index is 12.6. The summed E-state index contributed by atoms with van der Waals surface area (Å²) in [5.74, 6) is 0.363. The number of rotatable bonds is 5. The fourth-order valence-corrected chi connectivity index (χ4v) is 3.43. The van der Waals surface area contributed by atoms with E-state index in [0.717, 1.165) is 24.2 Å². The largest absolute Gasteiger partial charge is 0.340 e. The van der Waals surface area contributed by atoms with Gasteiger partial charge in [-0.05, 0) is 29.2 Å². The molecule has 0 radical (unpaired) electrons. The first kappa shape index (κ1) is 18.1. The Morgan fingerprint density at radius 3 is 2.35 bits per heavy atom. The minimum Gasteiger partial charge on any atom is -0.340 e. The molecule has 0 unspecified atom stereocenters. The van der Waals surface area contributed by atoms with Gasteiger partial charge in [0, 0.05) is 45.0 Å². The molecule has 0 bridgehead atoms. The van der Waals surface area contributed by atoms with Gasteiger partial charge < -0.3 is 4.90 Å². The molecule has 2 aromatic rings. The minimum atomic E-state index is -0.246. The van der Waals surface area contributed by atoms with Crippen LogP contribution in [0, 0.1) is 11.3 Å². The third-order valence-electron chi connectivity index (χ3n) is 5.03. The van der Waals surface area contributed by atoms with Crippen molar-refractivity contribution in [2.45, 2.75) is 25.3 Å². The van der Waals surface area contributed by atoms with Crippen molar-refractivity contribution in [1.29, 1.82) is 5.26 Å². The molecule has 1 aliphatic rings. The van der Waals surface area contributed by atoms with Gasteiger partial charge in [0.25, 0.3) is 0 Å². The fourth-order valence-electron chi connectivity index (χ4n) is 3.43. The minimum absolute atomic E-state index is 0.180. The standard InChI is InChI=1S/C21H24N4O/c1-17(18-7-9-23-10-8-18)15-21(26)25-13-11-24(12-14-25)20(16-22)19-5-3-2-4-6-19/h2-10,17,20H,11-15H2,1H3/t17-,20+/m1/s1. The first-order valence-electron chi connectivity index (χ1n) is 9.05. The lowest BCUT2D eigenvalue weighted by atomic mass is 9.98. The van der Waals surface area contributed by atoms with E-state index in [1.807, 2.05) is 47.4 Å². The highest BCUT2D eigenvalue weighted by atomic mass is 16.2. The van der Waals surface area contributed by atoms with Crippen molar-refractivity contribution in [1.82, 2.24) is 14.8 Å². The van der Waals surface area contributed by atoms with Crippen molar-refractivity contribution in [2.75, 3.05) is 26.2 Å². The summed E-state index contributed by atoms with van der Waals surface area (Å²) in [6.45, 7) is 4.87. The molecular weight excluding hydrogens is 324 g/mol. The smallest absolute Gasteiger partial charge is 0.223 e. The number of benzene rings is 1. The first-order chi connectivity index (χ1) is 12.7. The Morgan fingerprint density at radius 2 is 1.73 bits per heavy atom. The van der Waals surface area contributed by atoms with Crippen LogP contribution in [0.3, 0.4) is 0 Å². The summed E-state index contributed by atoms with van der Waals surface area (Å²) in [4.78, 5) is 20.7. The quantitative estimate of drug-likeness (QED) is 0.833. The number of pyridine rings is 1. The molecule has 1 aromatic carbocycles. The van der Waals surface area contributed by atoms with Crippen LogP contribution in [0.5, 0.6) is 0 Å². The van der Waals surface area contributed by atoms with Gasteiger partial charge >= 0.3 is 0 Å². The van der Waals surface area contributed by atoms with Crippen LogP contribution in [-0.4, -0.2) is 46.9 Å². The van der Waals surface area contributed by atoms with Gasteiger partial charge in [0.05, 0.1) is 6.07 Å². The van der Waals surface area contributed by atoms with Crippen molar-refractivity contribution in [3.05, 3.63) is 66.0 Å². The summed E-state index contributed by atoms with van der Waals surface area (Å²) in [6, 6.07) is 15.9. The Bertz CT molecular complexity index is 749. The van der Waals surface area contributed by atoms with Crippen molar-refractivity contribution in [3.8, 4) is 6.07 Å². The molecule has 134 valence electrons. The average Bonchev–Trinajstić information content (AvgIpc) is 2.70. The van der Waals surface area contributed by atoms with Crippen molar-refractivity contribution in [3.63, 3.8) is 0 Å². The second-order valence-corrected chi connectivity index (χ2v) is 6.74. The lowest BCUT2D eigenvalue weighted by Gasteiger charge is -2.37. The third-order valence-corrected chi connectivity index (χ3v) is 5.03. The summed E-state index contributed by atoms with van der Waals surface area (Å²) in [5.41, 5.74) is 2.15. The SMILES string of the molecule is C[C@H](CC(=O)N1CCN([C@@H](C#N)c2ccccc2)CC1)c1ccncc1. The van der Waals surface area contributed by atoms with Gasteiger partial charge in [0.2, 0.25) is 5.91 Å². The molecule has 0 aliphatic carbocycles. The van der Waals surface area contributed by atoms with Gasteiger partial charge in [0.15, 0.2) is 0 Å². The number of carbonyl (C=O) groups excluding carboxylic acids is 1. The molecule has 26 heavy (non-hydrogen) atoms. The third kappa shape index (κ3) is 4.27.